The molecule has 0 N–H and O–H groups in total. The third kappa shape index (κ3) is 2.77. The van der Waals surface area contributed by atoms with Gasteiger partial charge in [0.05, 0.1) is 17.9 Å². The van der Waals surface area contributed by atoms with E-state index in [2.05, 4.69) is 0 Å². The van der Waals surface area contributed by atoms with Crippen LogP contribution in [0.1, 0.15) is 36.7 Å². The Kier molecular flexibility index (Phi) is 4.19. The highest BCUT2D eigenvalue weighted by Crippen LogP contribution is 2.50. The maximum atomic E-state index is 13.7. The van der Waals surface area contributed by atoms with E-state index in [4.69, 9.17) is 0 Å². The number of benzene rings is 2. The summed E-state index contributed by atoms with van der Waals surface area (Å²) in [7, 11) is 0. The normalized spacial score (nSPS) is 26.7. The monoisotopic (exact) mass is 418 g/mol. The summed E-state index contributed by atoms with van der Waals surface area (Å²) in [6, 6.07) is 11.8. The Morgan fingerprint density at radius 1 is 0.935 bits per heavy atom. The van der Waals surface area contributed by atoms with E-state index in [1.54, 1.807) is 0 Å². The lowest BCUT2D eigenvalue weighted by Crippen LogP contribution is -2.52. The molecule has 0 saturated carbocycles. The van der Waals surface area contributed by atoms with E-state index in [-0.39, 0.29) is 17.6 Å². The third-order valence-electron chi connectivity index (χ3n) is 6.48. The molecule has 2 aromatic rings. The summed E-state index contributed by atoms with van der Waals surface area (Å²) in [6.07, 6.45) is 3.88. The minimum Gasteiger partial charge on any atom is -0.352 e. The van der Waals surface area contributed by atoms with Crippen LogP contribution in [0, 0.1) is 17.7 Å². The predicted octanol–water partition coefficient (Wildman–Crippen LogP) is 3.69. The maximum Gasteiger partial charge on any atom is 0.236 e. The Morgan fingerprint density at radius 3 is 2.26 bits per heavy atom. The second-order valence-corrected chi connectivity index (χ2v) is 9.37. The van der Waals surface area contributed by atoms with Gasteiger partial charge in [-0.25, -0.2) is 4.39 Å². The first-order valence-corrected chi connectivity index (χ1v) is 10.4. The van der Waals surface area contributed by atoms with E-state index in [0.717, 1.165) is 11.3 Å². The van der Waals surface area contributed by atoms with Crippen molar-refractivity contribution in [1.29, 1.82) is 0 Å². The number of halogens is 1. The molecule has 158 valence electrons. The number of amides is 2. The van der Waals surface area contributed by atoms with Crippen LogP contribution in [0.5, 0.6) is 0 Å². The van der Waals surface area contributed by atoms with Gasteiger partial charge in [0.15, 0.2) is 5.78 Å². The molecule has 2 aromatic carbocycles. The number of imide groups is 1. The lowest BCUT2D eigenvalue weighted by molar-refractivity contribution is -0.145. The molecule has 6 heteroatoms. The molecular formula is C25H23FN2O3. The number of ketones is 1. The topological polar surface area (TPSA) is 57.7 Å². The molecule has 2 saturated heterocycles. The van der Waals surface area contributed by atoms with Gasteiger partial charge in [-0.15, -0.1) is 0 Å². The number of carbonyl (C=O) groups is 3. The highest BCUT2D eigenvalue weighted by atomic mass is 19.1. The van der Waals surface area contributed by atoms with E-state index < -0.39 is 35.3 Å². The number of carbonyl (C=O) groups excluding carboxylic acids is 3. The van der Waals surface area contributed by atoms with Crippen LogP contribution in [0.15, 0.2) is 54.6 Å². The van der Waals surface area contributed by atoms with Crippen LogP contribution in [-0.4, -0.2) is 40.1 Å². The highest BCUT2D eigenvalue weighted by Gasteiger charge is 2.65. The molecule has 3 aliphatic heterocycles. The molecule has 0 unspecified atom stereocenters. The summed E-state index contributed by atoms with van der Waals surface area (Å²) in [4.78, 5) is 43.9. The van der Waals surface area contributed by atoms with Gasteiger partial charge >= 0.3 is 0 Å². The zero-order valence-electron chi connectivity index (χ0n) is 17.6. The summed E-state index contributed by atoms with van der Waals surface area (Å²) in [5.74, 6) is -2.69. The van der Waals surface area contributed by atoms with Crippen molar-refractivity contribution in [1.82, 2.24) is 4.90 Å². The van der Waals surface area contributed by atoms with Crippen LogP contribution in [0.25, 0.3) is 6.08 Å². The average Bonchev–Trinajstić information content (AvgIpc) is 3.21. The maximum absolute atomic E-state index is 13.7. The third-order valence-corrected chi connectivity index (χ3v) is 6.48. The van der Waals surface area contributed by atoms with Crippen LogP contribution in [0.4, 0.5) is 10.1 Å². The molecule has 5 nitrogen and oxygen atoms in total. The number of anilines is 1. The van der Waals surface area contributed by atoms with Gasteiger partial charge in [0.25, 0.3) is 0 Å². The van der Waals surface area contributed by atoms with Gasteiger partial charge in [0, 0.05) is 16.8 Å². The second kappa shape index (κ2) is 6.61. The first-order chi connectivity index (χ1) is 14.7. The molecule has 0 spiro atoms. The summed E-state index contributed by atoms with van der Waals surface area (Å²) in [5, 5.41) is 0. The van der Waals surface area contributed by atoms with E-state index >= 15 is 0 Å². The molecule has 0 aliphatic carbocycles. The van der Waals surface area contributed by atoms with Gasteiger partial charge in [-0.3, -0.25) is 19.3 Å². The number of nitrogens with zero attached hydrogens (tertiary/aromatic N) is 2. The number of hydrogen-bond acceptors (Lipinski definition) is 4. The van der Waals surface area contributed by atoms with Gasteiger partial charge in [0.1, 0.15) is 11.9 Å². The fourth-order valence-corrected chi connectivity index (χ4v) is 5.26. The van der Waals surface area contributed by atoms with E-state index in [0.29, 0.717) is 5.56 Å². The van der Waals surface area contributed by atoms with Crippen LogP contribution in [-0.2, 0) is 9.59 Å². The minimum atomic E-state index is -0.838. The van der Waals surface area contributed by atoms with Crippen LogP contribution in [0.2, 0.25) is 0 Å². The van der Waals surface area contributed by atoms with Gasteiger partial charge in [0.2, 0.25) is 11.8 Å². The first-order valence-electron chi connectivity index (χ1n) is 10.4. The SMILES string of the molecule is CC(C)(C)N1C(=O)[C@@H]2[C@H](C1=O)[C@@H]1C=Cc3ccccc3N1[C@@H]2C(=O)c1ccc(F)cc1. The average molecular weight is 418 g/mol. The van der Waals surface area contributed by atoms with Crippen molar-refractivity contribution in [2.45, 2.75) is 38.4 Å². The number of likely N-dealkylation sites (tertiary alicyclic amines) is 1. The summed E-state index contributed by atoms with van der Waals surface area (Å²) < 4.78 is 13.5. The fourth-order valence-electron chi connectivity index (χ4n) is 5.26. The lowest BCUT2D eigenvalue weighted by atomic mass is 9.86. The first kappa shape index (κ1) is 19.7. The van der Waals surface area contributed by atoms with Crippen LogP contribution >= 0.6 is 0 Å². The second-order valence-electron chi connectivity index (χ2n) is 9.37. The van der Waals surface area contributed by atoms with Gasteiger partial charge in [-0.05, 0) is 56.7 Å². The lowest BCUT2D eigenvalue weighted by Gasteiger charge is -2.38. The van der Waals surface area contributed by atoms with Crippen molar-refractivity contribution in [2.75, 3.05) is 4.90 Å². The summed E-state index contributed by atoms with van der Waals surface area (Å²) in [5.41, 5.74) is 1.41. The Hall–Kier alpha value is -3.28. The molecule has 3 heterocycles. The van der Waals surface area contributed by atoms with Gasteiger partial charge in [-0.2, -0.15) is 0 Å². The summed E-state index contributed by atoms with van der Waals surface area (Å²) >= 11 is 0. The molecule has 0 aromatic heterocycles. The van der Waals surface area contributed by atoms with E-state index in [1.165, 1.54) is 29.2 Å². The molecule has 0 radical (unpaired) electrons. The van der Waals surface area contributed by atoms with Crippen molar-refractivity contribution in [3.63, 3.8) is 0 Å². The fraction of sp³-hybridized carbons (Fsp3) is 0.320. The van der Waals surface area contributed by atoms with Crippen LogP contribution in [0.3, 0.4) is 0 Å². The Balaban J connectivity index is 1.67. The largest absolute Gasteiger partial charge is 0.352 e. The van der Waals surface area contributed by atoms with Crippen molar-refractivity contribution in [3.8, 4) is 0 Å². The minimum absolute atomic E-state index is 0.240. The standard InChI is InChI=1S/C25H23FN2O3/c1-25(2,3)28-23(30)19-18-13-10-14-6-4-5-7-17(14)27(18)21(20(19)24(28)31)22(29)15-8-11-16(26)12-9-15/h4-13,18-21H,1-3H3/t18-,19+,20+,21-/m0/s1. The molecular weight excluding hydrogens is 395 g/mol. The molecule has 2 amide bonds. The number of fused-ring (bicyclic) bond motifs is 5. The van der Waals surface area contributed by atoms with Gasteiger partial charge in [-0.1, -0.05) is 30.4 Å². The Morgan fingerprint density at radius 2 is 1.58 bits per heavy atom. The predicted molar refractivity (Wildman–Crippen MR) is 115 cm³/mol. The molecule has 0 bridgehead atoms. The number of rotatable bonds is 2. The van der Waals surface area contributed by atoms with Gasteiger partial charge < -0.3 is 4.90 Å². The van der Waals surface area contributed by atoms with Crippen molar-refractivity contribution < 1.29 is 18.8 Å². The quantitative estimate of drug-likeness (QED) is 0.551. The van der Waals surface area contributed by atoms with Crippen LogP contribution < -0.4 is 4.90 Å². The molecule has 31 heavy (non-hydrogen) atoms. The summed E-state index contributed by atoms with van der Waals surface area (Å²) in [6.45, 7) is 5.47. The zero-order valence-corrected chi connectivity index (χ0v) is 17.6. The van der Waals surface area contributed by atoms with E-state index in [1.807, 2.05) is 62.1 Å². The van der Waals surface area contributed by atoms with Crippen molar-refractivity contribution in [3.05, 3.63) is 71.6 Å². The number of hydrogen-bond donors (Lipinski definition) is 0. The Bertz CT molecular complexity index is 1130. The molecule has 3 aliphatic rings. The zero-order chi connectivity index (χ0) is 22.1. The molecule has 2 fully saturated rings. The smallest absolute Gasteiger partial charge is 0.236 e. The van der Waals surface area contributed by atoms with Crippen molar-refractivity contribution in [2.24, 2.45) is 11.8 Å². The number of para-hydroxylation sites is 1. The molecule has 5 rings (SSSR count). The van der Waals surface area contributed by atoms with Crippen molar-refractivity contribution >= 4 is 29.4 Å². The molecule has 4 atom stereocenters. The number of Topliss-reactive ketones (excluding diaryl/α,β-unsaturated/α-hetero) is 1. The van der Waals surface area contributed by atoms with E-state index in [9.17, 15) is 18.8 Å². The highest BCUT2D eigenvalue weighted by molar-refractivity contribution is 6.14. The Labute approximate surface area is 180 Å².